The molecule has 1 aromatic carbocycles. The first-order valence-corrected chi connectivity index (χ1v) is 5.88. The first kappa shape index (κ1) is 12.8. The molecule has 0 fully saturated rings. The zero-order chi connectivity index (χ0) is 13.8. The van der Waals surface area contributed by atoms with Gasteiger partial charge < -0.3 is 11.1 Å². The number of nitrogen functional groups attached to an aromatic ring is 1. The molecule has 96 valence electrons. The zero-order valence-electron chi connectivity index (χ0n) is 10.9. The van der Waals surface area contributed by atoms with Crippen molar-refractivity contribution < 1.29 is 0 Å². The van der Waals surface area contributed by atoms with E-state index in [-0.39, 0.29) is 0 Å². The van der Waals surface area contributed by atoms with Gasteiger partial charge in [0.1, 0.15) is 0 Å². The van der Waals surface area contributed by atoms with Gasteiger partial charge in [0.25, 0.3) is 0 Å². The van der Waals surface area contributed by atoms with Crippen LogP contribution >= 0.6 is 0 Å². The van der Waals surface area contributed by atoms with Gasteiger partial charge in [0.05, 0.1) is 5.69 Å². The number of hydrogen-bond acceptors (Lipinski definition) is 4. The molecule has 19 heavy (non-hydrogen) atoms. The Balaban J connectivity index is 2.33. The lowest BCUT2D eigenvalue weighted by molar-refractivity contribution is 1.13. The van der Waals surface area contributed by atoms with Crippen LogP contribution in [-0.4, -0.2) is 9.97 Å². The van der Waals surface area contributed by atoms with Gasteiger partial charge in [-0.3, -0.25) is 0 Å². The summed E-state index contributed by atoms with van der Waals surface area (Å²) in [7, 11) is 0. The van der Waals surface area contributed by atoms with E-state index < -0.39 is 0 Å². The van der Waals surface area contributed by atoms with Crippen LogP contribution in [0, 0.1) is 0 Å². The Hall–Kier alpha value is -2.62. The molecule has 0 saturated carbocycles. The highest BCUT2D eigenvalue weighted by molar-refractivity contribution is 5.69. The van der Waals surface area contributed by atoms with Crippen molar-refractivity contribution in [3.05, 3.63) is 54.9 Å². The van der Waals surface area contributed by atoms with Crippen molar-refractivity contribution in [2.45, 2.75) is 6.92 Å². The first-order chi connectivity index (χ1) is 9.10. The monoisotopic (exact) mass is 252 g/mol. The topological polar surface area (TPSA) is 63.8 Å². The lowest BCUT2D eigenvalue weighted by Gasteiger charge is -2.09. The van der Waals surface area contributed by atoms with Crippen LogP contribution in [0.5, 0.6) is 0 Å². The van der Waals surface area contributed by atoms with Gasteiger partial charge in [0, 0.05) is 23.1 Å². The number of allylic oxidation sites excluding steroid dienone is 1. The molecule has 2 aromatic rings. The predicted octanol–water partition coefficient (Wildman–Crippen LogP) is 3.48. The second kappa shape index (κ2) is 5.35. The minimum atomic E-state index is 0.509. The molecule has 0 unspecified atom stereocenters. The number of hydrogen-bond donors (Lipinski definition) is 2. The second-order valence-corrected chi connectivity index (χ2v) is 4.23. The highest BCUT2D eigenvalue weighted by Crippen LogP contribution is 2.20. The highest BCUT2D eigenvalue weighted by atomic mass is 15.1. The summed E-state index contributed by atoms with van der Waals surface area (Å²) < 4.78 is 0. The number of benzene rings is 1. The highest BCUT2D eigenvalue weighted by Gasteiger charge is 2.06. The van der Waals surface area contributed by atoms with Gasteiger partial charge in [-0.2, -0.15) is 0 Å². The maximum absolute atomic E-state index is 5.73. The van der Waals surface area contributed by atoms with Gasteiger partial charge in [-0.15, -0.1) is 0 Å². The van der Waals surface area contributed by atoms with Crippen LogP contribution in [0.15, 0.2) is 43.6 Å². The van der Waals surface area contributed by atoms with E-state index in [4.69, 9.17) is 5.73 Å². The molecule has 4 nitrogen and oxygen atoms in total. The molecule has 3 N–H and O–H groups in total. The average molecular weight is 252 g/mol. The Bertz CT molecular complexity index is 632. The summed E-state index contributed by atoms with van der Waals surface area (Å²) in [5.74, 6) is 0.509. The molecule has 2 rings (SSSR count). The van der Waals surface area contributed by atoms with Gasteiger partial charge in [0.2, 0.25) is 5.95 Å². The number of aromatic nitrogens is 2. The van der Waals surface area contributed by atoms with Crippen LogP contribution in [-0.2, 0) is 0 Å². The van der Waals surface area contributed by atoms with E-state index in [1.165, 1.54) is 0 Å². The van der Waals surface area contributed by atoms with E-state index in [1.807, 2.05) is 31.2 Å². The molecule has 0 aliphatic carbocycles. The largest absolute Gasteiger partial charge is 0.399 e. The van der Waals surface area contributed by atoms with Crippen LogP contribution in [0.3, 0.4) is 0 Å². The predicted molar refractivity (Wildman–Crippen MR) is 81.0 cm³/mol. The van der Waals surface area contributed by atoms with Gasteiger partial charge in [-0.1, -0.05) is 25.3 Å². The fraction of sp³-hybridized carbons (Fsp3) is 0.0667. The van der Waals surface area contributed by atoms with E-state index in [0.717, 1.165) is 22.5 Å². The van der Waals surface area contributed by atoms with Crippen molar-refractivity contribution in [2.75, 3.05) is 11.1 Å². The third kappa shape index (κ3) is 2.98. The number of anilines is 3. The van der Waals surface area contributed by atoms with Crippen LogP contribution < -0.4 is 11.1 Å². The second-order valence-electron chi connectivity index (χ2n) is 4.23. The molecule has 1 heterocycles. The lowest BCUT2D eigenvalue weighted by atomic mass is 10.1. The standard InChI is InChI=1S/C15H16N4/c1-4-11-9-17-15(19-14(11)10(2)3)18-13-7-5-6-12(16)8-13/h4-9H,1-2,16H2,3H3,(H,17,18,19). The van der Waals surface area contributed by atoms with Crippen molar-refractivity contribution in [3.8, 4) is 0 Å². The minimum Gasteiger partial charge on any atom is -0.399 e. The van der Waals surface area contributed by atoms with Gasteiger partial charge >= 0.3 is 0 Å². The van der Waals surface area contributed by atoms with E-state index in [2.05, 4.69) is 28.4 Å². The first-order valence-electron chi connectivity index (χ1n) is 5.88. The Labute approximate surface area is 112 Å². The van der Waals surface area contributed by atoms with Crippen molar-refractivity contribution in [3.63, 3.8) is 0 Å². The van der Waals surface area contributed by atoms with Crippen molar-refractivity contribution in [1.29, 1.82) is 0 Å². The summed E-state index contributed by atoms with van der Waals surface area (Å²) >= 11 is 0. The summed E-state index contributed by atoms with van der Waals surface area (Å²) in [6, 6.07) is 7.42. The third-order valence-electron chi connectivity index (χ3n) is 2.58. The molecule has 0 radical (unpaired) electrons. The van der Waals surface area contributed by atoms with Gasteiger partial charge in [-0.25, -0.2) is 9.97 Å². The Morgan fingerprint density at radius 2 is 2.21 bits per heavy atom. The minimum absolute atomic E-state index is 0.509. The van der Waals surface area contributed by atoms with Crippen molar-refractivity contribution in [1.82, 2.24) is 9.97 Å². The number of nitrogens with zero attached hydrogens (tertiary/aromatic N) is 2. The molecule has 0 bridgehead atoms. The quantitative estimate of drug-likeness (QED) is 0.818. The molecular formula is C15H16N4. The maximum atomic E-state index is 5.73. The zero-order valence-corrected chi connectivity index (χ0v) is 10.9. The maximum Gasteiger partial charge on any atom is 0.227 e. The van der Waals surface area contributed by atoms with Crippen molar-refractivity contribution >= 4 is 29.0 Å². The summed E-state index contributed by atoms with van der Waals surface area (Å²) in [5, 5.41) is 3.11. The van der Waals surface area contributed by atoms with Crippen LogP contribution in [0.25, 0.3) is 11.6 Å². The summed E-state index contributed by atoms with van der Waals surface area (Å²) in [6.45, 7) is 9.55. The molecule has 0 saturated heterocycles. The summed E-state index contributed by atoms with van der Waals surface area (Å²) in [6.07, 6.45) is 3.44. The lowest BCUT2D eigenvalue weighted by Crippen LogP contribution is -2.01. The summed E-state index contributed by atoms with van der Waals surface area (Å²) in [4.78, 5) is 8.68. The smallest absolute Gasteiger partial charge is 0.227 e. The van der Waals surface area contributed by atoms with Crippen LogP contribution in [0.4, 0.5) is 17.3 Å². The van der Waals surface area contributed by atoms with E-state index in [1.54, 1.807) is 12.3 Å². The Morgan fingerprint density at radius 3 is 2.84 bits per heavy atom. The fourth-order valence-corrected chi connectivity index (χ4v) is 1.69. The molecule has 0 atom stereocenters. The number of rotatable bonds is 4. The van der Waals surface area contributed by atoms with Crippen LogP contribution in [0.1, 0.15) is 18.2 Å². The molecular weight excluding hydrogens is 236 g/mol. The Kier molecular flexibility index (Phi) is 3.61. The molecule has 0 aliphatic rings. The van der Waals surface area contributed by atoms with Gasteiger partial charge in [-0.05, 0) is 30.7 Å². The number of nitrogens with one attached hydrogen (secondary N) is 1. The summed E-state index contributed by atoms with van der Waals surface area (Å²) in [5.41, 5.74) is 9.79. The van der Waals surface area contributed by atoms with E-state index in [0.29, 0.717) is 11.6 Å². The average Bonchev–Trinajstić information content (AvgIpc) is 2.38. The van der Waals surface area contributed by atoms with Crippen LogP contribution in [0.2, 0.25) is 0 Å². The van der Waals surface area contributed by atoms with Gasteiger partial charge in [0.15, 0.2) is 0 Å². The molecule has 4 heteroatoms. The fourth-order valence-electron chi connectivity index (χ4n) is 1.69. The Morgan fingerprint density at radius 1 is 1.42 bits per heavy atom. The molecule has 0 amide bonds. The van der Waals surface area contributed by atoms with Crippen molar-refractivity contribution in [2.24, 2.45) is 0 Å². The molecule has 1 aromatic heterocycles. The van der Waals surface area contributed by atoms with E-state index in [9.17, 15) is 0 Å². The normalized spacial score (nSPS) is 9.95. The third-order valence-corrected chi connectivity index (χ3v) is 2.58. The number of nitrogens with two attached hydrogens (primary N) is 1. The molecule has 0 spiro atoms. The molecule has 0 aliphatic heterocycles. The van der Waals surface area contributed by atoms with E-state index >= 15 is 0 Å². The SMILES string of the molecule is C=Cc1cnc(Nc2cccc(N)c2)nc1C(=C)C.